The molecule has 2 aromatic heterocycles. The van der Waals surface area contributed by atoms with E-state index in [9.17, 15) is 22.8 Å². The molecule has 9 nitrogen and oxygen atoms in total. The maximum absolute atomic E-state index is 13.3. The van der Waals surface area contributed by atoms with Crippen molar-refractivity contribution in [1.82, 2.24) is 24.8 Å². The summed E-state index contributed by atoms with van der Waals surface area (Å²) in [5.74, 6) is -1.08. The second kappa shape index (κ2) is 7.84. The van der Waals surface area contributed by atoms with E-state index in [0.29, 0.717) is 22.7 Å². The first-order valence-corrected chi connectivity index (χ1v) is 11.8. The maximum Gasteiger partial charge on any atom is 0.573 e. The number of rotatable bonds is 6. The van der Waals surface area contributed by atoms with Gasteiger partial charge in [0, 0.05) is 30.4 Å². The highest BCUT2D eigenvalue weighted by Gasteiger charge is 2.42. The molecule has 3 heterocycles. The molecule has 3 aliphatic rings. The number of fused-ring (bicyclic) bond motifs is 2. The molecular formula is C24H23F3N6O3. The quantitative estimate of drug-likeness (QED) is 0.535. The highest BCUT2D eigenvalue weighted by Crippen LogP contribution is 2.42. The number of amides is 2. The number of ether oxygens (including phenoxy) is 1. The Morgan fingerprint density at radius 2 is 2.00 bits per heavy atom. The van der Waals surface area contributed by atoms with E-state index in [1.165, 1.54) is 10.7 Å². The Hall–Kier alpha value is -3.83. The molecule has 0 spiro atoms. The zero-order valence-electron chi connectivity index (χ0n) is 19.3. The Labute approximate surface area is 203 Å². The Kier molecular flexibility index (Phi) is 4.92. The van der Waals surface area contributed by atoms with Crippen molar-refractivity contribution in [2.45, 2.75) is 57.6 Å². The average molecular weight is 500 g/mol. The molecule has 0 unspecified atom stereocenters. The third-order valence-corrected chi connectivity index (χ3v) is 6.97. The predicted octanol–water partition coefficient (Wildman–Crippen LogP) is 3.52. The third kappa shape index (κ3) is 3.99. The fourth-order valence-corrected chi connectivity index (χ4v) is 4.76. The van der Waals surface area contributed by atoms with Crippen molar-refractivity contribution in [3.63, 3.8) is 0 Å². The summed E-state index contributed by atoms with van der Waals surface area (Å²) >= 11 is 0. The van der Waals surface area contributed by atoms with Crippen LogP contribution in [0.2, 0.25) is 0 Å². The summed E-state index contributed by atoms with van der Waals surface area (Å²) < 4.78 is 45.5. The molecule has 2 saturated carbocycles. The molecule has 1 aromatic carbocycles. The molecule has 6 rings (SSSR count). The van der Waals surface area contributed by atoms with Gasteiger partial charge >= 0.3 is 6.36 Å². The Morgan fingerprint density at radius 3 is 2.67 bits per heavy atom. The highest BCUT2D eigenvalue weighted by molar-refractivity contribution is 6.05. The number of hydrogen-bond acceptors (Lipinski definition) is 6. The van der Waals surface area contributed by atoms with Gasteiger partial charge < -0.3 is 20.7 Å². The van der Waals surface area contributed by atoms with Crippen LogP contribution >= 0.6 is 0 Å². The van der Waals surface area contributed by atoms with Gasteiger partial charge in [-0.25, -0.2) is 9.50 Å². The maximum atomic E-state index is 13.3. The van der Waals surface area contributed by atoms with E-state index >= 15 is 0 Å². The first kappa shape index (κ1) is 22.6. The first-order valence-electron chi connectivity index (χ1n) is 11.8. The number of carbonyl (C=O) groups excluding carboxylic acids is 2. The number of alkyl halides is 3. The van der Waals surface area contributed by atoms with Crippen LogP contribution in [0.4, 0.5) is 19.0 Å². The summed E-state index contributed by atoms with van der Waals surface area (Å²) in [5, 5.41) is 6.98. The number of halogens is 3. The predicted molar refractivity (Wildman–Crippen MR) is 122 cm³/mol. The molecule has 0 radical (unpaired) electrons. The molecule has 0 bridgehead atoms. The van der Waals surface area contributed by atoms with Crippen LogP contribution in [0.3, 0.4) is 0 Å². The van der Waals surface area contributed by atoms with Crippen molar-refractivity contribution < 1.29 is 27.5 Å². The minimum Gasteiger partial charge on any atom is -0.405 e. The number of aromatic nitrogens is 3. The first-order chi connectivity index (χ1) is 17.1. The minimum absolute atomic E-state index is 0.00292. The summed E-state index contributed by atoms with van der Waals surface area (Å²) in [7, 11) is 0. The molecule has 2 fully saturated rings. The lowest BCUT2D eigenvalue weighted by atomic mass is 10.0. The normalized spacial score (nSPS) is 18.4. The molecule has 2 amide bonds. The van der Waals surface area contributed by atoms with E-state index in [1.807, 2.05) is 6.92 Å². The number of nitrogen functional groups attached to an aromatic ring is 1. The Morgan fingerprint density at radius 1 is 1.25 bits per heavy atom. The van der Waals surface area contributed by atoms with Crippen molar-refractivity contribution in [3.8, 4) is 17.0 Å². The van der Waals surface area contributed by atoms with Crippen LogP contribution in [0.5, 0.6) is 5.75 Å². The second-order valence-corrected chi connectivity index (χ2v) is 9.66. The van der Waals surface area contributed by atoms with Gasteiger partial charge in [0.05, 0.1) is 11.3 Å². The number of nitrogens with one attached hydrogen (secondary N) is 1. The van der Waals surface area contributed by atoms with Gasteiger partial charge in [-0.1, -0.05) is 0 Å². The van der Waals surface area contributed by atoms with Crippen LogP contribution < -0.4 is 15.8 Å². The van der Waals surface area contributed by atoms with Gasteiger partial charge in [-0.15, -0.1) is 18.3 Å². The van der Waals surface area contributed by atoms with Crippen LogP contribution in [-0.4, -0.2) is 49.8 Å². The van der Waals surface area contributed by atoms with Gasteiger partial charge in [0.1, 0.15) is 11.3 Å². The van der Waals surface area contributed by atoms with E-state index in [2.05, 4.69) is 20.1 Å². The van der Waals surface area contributed by atoms with E-state index in [1.54, 1.807) is 17.0 Å². The summed E-state index contributed by atoms with van der Waals surface area (Å²) in [5.41, 5.74) is 7.23. The zero-order valence-corrected chi connectivity index (χ0v) is 19.3. The standard InChI is InChI=1S/C24H23F3N6O3/c1-11(12-2-3-12)32-10-14-8-13(9-17(18(14)23(32)35)36-24(25,26)27)16-6-7-33-21(30-16)19(20(28)31-33)22(34)29-15-4-5-15/h6-9,11-12,15H,2-5,10H2,1H3,(H2,28,31)(H,29,34)/t11-/m0/s1. The van der Waals surface area contributed by atoms with Crippen LogP contribution in [0.1, 0.15) is 58.9 Å². The topological polar surface area (TPSA) is 115 Å². The van der Waals surface area contributed by atoms with Gasteiger partial charge in [-0.05, 0) is 62.3 Å². The molecule has 188 valence electrons. The van der Waals surface area contributed by atoms with Gasteiger partial charge in [0.2, 0.25) is 0 Å². The van der Waals surface area contributed by atoms with E-state index in [4.69, 9.17) is 5.73 Å². The molecule has 2 aliphatic carbocycles. The molecular weight excluding hydrogens is 477 g/mol. The molecule has 3 N–H and O–H groups in total. The molecule has 3 aromatic rings. The monoisotopic (exact) mass is 500 g/mol. The molecule has 12 heteroatoms. The number of nitrogens with two attached hydrogens (primary N) is 1. The van der Waals surface area contributed by atoms with Crippen molar-refractivity contribution in [2.24, 2.45) is 5.92 Å². The number of nitrogens with zero attached hydrogens (tertiary/aromatic N) is 4. The highest BCUT2D eigenvalue weighted by atomic mass is 19.4. The summed E-state index contributed by atoms with van der Waals surface area (Å²) in [6.07, 6.45) is 0.312. The molecule has 1 aliphatic heterocycles. The van der Waals surface area contributed by atoms with E-state index < -0.39 is 23.9 Å². The largest absolute Gasteiger partial charge is 0.573 e. The van der Waals surface area contributed by atoms with E-state index in [-0.39, 0.29) is 41.2 Å². The van der Waals surface area contributed by atoms with Gasteiger partial charge in [0.25, 0.3) is 11.8 Å². The number of anilines is 1. The number of hydrogen-bond donors (Lipinski definition) is 2. The zero-order chi connectivity index (χ0) is 25.4. The summed E-state index contributed by atoms with van der Waals surface area (Å²) in [6.45, 7) is 2.10. The molecule has 1 atom stereocenters. The number of carbonyl (C=O) groups is 2. The van der Waals surface area contributed by atoms with Crippen LogP contribution in [0.15, 0.2) is 24.4 Å². The smallest absolute Gasteiger partial charge is 0.405 e. The summed E-state index contributed by atoms with van der Waals surface area (Å²) in [4.78, 5) is 31.9. The van der Waals surface area contributed by atoms with Crippen molar-refractivity contribution >= 4 is 23.3 Å². The lowest BCUT2D eigenvalue weighted by Crippen LogP contribution is -2.34. The Bertz CT molecular complexity index is 1410. The summed E-state index contributed by atoms with van der Waals surface area (Å²) in [6, 6.07) is 4.38. The average Bonchev–Trinajstić information content (AvgIpc) is 3.72. The Balaban J connectivity index is 1.43. The second-order valence-electron chi connectivity index (χ2n) is 9.66. The minimum atomic E-state index is -4.98. The van der Waals surface area contributed by atoms with Gasteiger partial charge in [-0.3, -0.25) is 9.59 Å². The van der Waals surface area contributed by atoms with Crippen molar-refractivity contribution in [2.75, 3.05) is 5.73 Å². The van der Waals surface area contributed by atoms with Crippen molar-refractivity contribution in [1.29, 1.82) is 0 Å². The third-order valence-electron chi connectivity index (χ3n) is 6.97. The lowest BCUT2D eigenvalue weighted by molar-refractivity contribution is -0.274. The SMILES string of the molecule is C[C@@H](C1CC1)N1Cc2cc(-c3ccn4nc(N)c(C(=O)NC5CC5)c4n3)cc(OC(F)(F)F)c2C1=O. The molecule has 0 saturated heterocycles. The lowest BCUT2D eigenvalue weighted by Gasteiger charge is -2.24. The molecule has 36 heavy (non-hydrogen) atoms. The van der Waals surface area contributed by atoms with Crippen LogP contribution in [-0.2, 0) is 6.54 Å². The van der Waals surface area contributed by atoms with E-state index in [0.717, 1.165) is 31.7 Å². The number of benzene rings is 1. The van der Waals surface area contributed by atoms with Crippen LogP contribution in [0.25, 0.3) is 16.9 Å². The van der Waals surface area contributed by atoms with Gasteiger partial charge in [0.15, 0.2) is 11.5 Å². The van der Waals surface area contributed by atoms with Gasteiger partial charge in [-0.2, -0.15) is 0 Å². The fraction of sp³-hybridized carbons (Fsp3) is 0.417. The fourth-order valence-electron chi connectivity index (χ4n) is 4.76. The van der Waals surface area contributed by atoms with Crippen molar-refractivity contribution in [3.05, 3.63) is 41.1 Å². The van der Waals surface area contributed by atoms with Crippen LogP contribution in [0, 0.1) is 5.92 Å².